The second-order valence-corrected chi connectivity index (χ2v) is 6.59. The number of hydrogen-bond acceptors (Lipinski definition) is 4. The Morgan fingerprint density at radius 1 is 1.36 bits per heavy atom. The second-order valence-electron chi connectivity index (χ2n) is 5.19. The fourth-order valence-electron chi connectivity index (χ4n) is 2.02. The first-order chi connectivity index (χ1) is 10.4. The lowest BCUT2D eigenvalue weighted by molar-refractivity contribution is -0.122. The number of ether oxygens (including phenoxy) is 1. The van der Waals surface area contributed by atoms with E-state index < -0.39 is 0 Å². The molecule has 2 rings (SSSR count). The van der Waals surface area contributed by atoms with Crippen molar-refractivity contribution in [2.75, 3.05) is 6.54 Å². The molecule has 0 atom stereocenters. The van der Waals surface area contributed by atoms with Crippen LogP contribution in [0.3, 0.4) is 0 Å². The number of halogens is 1. The van der Waals surface area contributed by atoms with E-state index in [0.717, 1.165) is 23.7 Å². The van der Waals surface area contributed by atoms with Gasteiger partial charge >= 0.3 is 0 Å². The lowest BCUT2D eigenvalue weighted by Gasteiger charge is -2.11. The number of amides is 2. The Balaban J connectivity index is 2.21. The summed E-state index contributed by atoms with van der Waals surface area (Å²) in [5.74, 6) is 0.364. The van der Waals surface area contributed by atoms with Crippen LogP contribution in [0.2, 0.25) is 5.02 Å². The molecule has 1 aliphatic rings. The van der Waals surface area contributed by atoms with Gasteiger partial charge in [0.1, 0.15) is 5.75 Å². The first-order valence-electron chi connectivity index (χ1n) is 7.14. The average Bonchev–Trinajstić information content (AvgIpc) is 2.70. The molecule has 6 heteroatoms. The van der Waals surface area contributed by atoms with Crippen molar-refractivity contribution in [2.45, 2.75) is 33.3 Å². The van der Waals surface area contributed by atoms with Gasteiger partial charge in [0.15, 0.2) is 0 Å². The first kappa shape index (κ1) is 16.9. The minimum Gasteiger partial charge on any atom is -0.489 e. The summed E-state index contributed by atoms with van der Waals surface area (Å²) in [6, 6.07) is 5.31. The Kier molecular flexibility index (Phi) is 5.53. The highest BCUT2D eigenvalue weighted by Crippen LogP contribution is 2.33. The first-order valence-corrected chi connectivity index (χ1v) is 8.33. The van der Waals surface area contributed by atoms with Gasteiger partial charge in [-0.1, -0.05) is 24.6 Å². The number of nitrogens with zero attached hydrogens (tertiary/aromatic N) is 1. The van der Waals surface area contributed by atoms with Crippen molar-refractivity contribution in [3.63, 3.8) is 0 Å². The average molecular weight is 340 g/mol. The summed E-state index contributed by atoms with van der Waals surface area (Å²) in [5.41, 5.74) is 0.767. The maximum Gasteiger partial charge on any atom is 0.293 e. The molecule has 0 aliphatic carbocycles. The molecule has 1 fully saturated rings. The molecule has 1 heterocycles. The van der Waals surface area contributed by atoms with Crippen molar-refractivity contribution >= 4 is 40.6 Å². The SMILES string of the molecule is CCCN1C(=O)S/C(=C/c2ccc(OC(C)C)c(Cl)c2)C1=O. The molecule has 1 aliphatic heterocycles. The zero-order valence-electron chi connectivity index (χ0n) is 12.8. The van der Waals surface area contributed by atoms with Crippen LogP contribution in [0.1, 0.15) is 32.8 Å². The molecule has 1 aromatic rings. The zero-order chi connectivity index (χ0) is 16.3. The monoisotopic (exact) mass is 339 g/mol. The summed E-state index contributed by atoms with van der Waals surface area (Å²) in [5, 5.41) is 0.263. The largest absolute Gasteiger partial charge is 0.489 e. The second kappa shape index (κ2) is 7.20. The van der Waals surface area contributed by atoms with E-state index in [1.807, 2.05) is 26.8 Å². The van der Waals surface area contributed by atoms with Crippen molar-refractivity contribution in [3.05, 3.63) is 33.7 Å². The molecule has 0 bridgehead atoms. The number of benzene rings is 1. The van der Waals surface area contributed by atoms with Crippen molar-refractivity contribution in [1.29, 1.82) is 0 Å². The molecular formula is C16H18ClNO3S. The van der Waals surface area contributed by atoms with Gasteiger partial charge in [0, 0.05) is 6.54 Å². The van der Waals surface area contributed by atoms with Crippen LogP contribution in [0, 0.1) is 0 Å². The smallest absolute Gasteiger partial charge is 0.293 e. The third-order valence-electron chi connectivity index (χ3n) is 2.94. The van der Waals surface area contributed by atoms with Gasteiger partial charge in [0.05, 0.1) is 16.0 Å². The van der Waals surface area contributed by atoms with E-state index in [-0.39, 0.29) is 17.3 Å². The Hall–Kier alpha value is -1.46. The van der Waals surface area contributed by atoms with Gasteiger partial charge < -0.3 is 4.74 Å². The summed E-state index contributed by atoms with van der Waals surface area (Å²) in [7, 11) is 0. The molecule has 0 aromatic heterocycles. The molecule has 118 valence electrons. The normalized spacial score (nSPS) is 17.0. The van der Waals surface area contributed by atoms with Crippen LogP contribution in [-0.2, 0) is 4.79 Å². The van der Waals surface area contributed by atoms with E-state index in [4.69, 9.17) is 16.3 Å². The van der Waals surface area contributed by atoms with E-state index in [1.165, 1.54) is 4.90 Å². The van der Waals surface area contributed by atoms with E-state index >= 15 is 0 Å². The Bertz CT molecular complexity index is 628. The van der Waals surface area contributed by atoms with E-state index in [1.54, 1.807) is 18.2 Å². The molecule has 0 spiro atoms. The minimum atomic E-state index is -0.240. The molecular weight excluding hydrogens is 322 g/mol. The highest BCUT2D eigenvalue weighted by atomic mass is 35.5. The molecule has 0 saturated carbocycles. The van der Waals surface area contributed by atoms with E-state index in [2.05, 4.69) is 0 Å². The van der Waals surface area contributed by atoms with Gasteiger partial charge in [-0.15, -0.1) is 0 Å². The molecule has 0 unspecified atom stereocenters. The van der Waals surface area contributed by atoms with Crippen LogP contribution < -0.4 is 4.74 Å². The summed E-state index contributed by atoms with van der Waals surface area (Å²) in [6.07, 6.45) is 2.47. The predicted molar refractivity (Wildman–Crippen MR) is 90.2 cm³/mol. The van der Waals surface area contributed by atoms with Gasteiger partial charge in [-0.25, -0.2) is 0 Å². The highest BCUT2D eigenvalue weighted by molar-refractivity contribution is 8.18. The van der Waals surface area contributed by atoms with Crippen molar-refractivity contribution in [3.8, 4) is 5.75 Å². The summed E-state index contributed by atoms with van der Waals surface area (Å²) in [6.45, 7) is 6.23. The third-order valence-corrected chi connectivity index (χ3v) is 4.14. The maximum absolute atomic E-state index is 12.2. The van der Waals surface area contributed by atoms with Gasteiger partial charge in [-0.2, -0.15) is 0 Å². The third kappa shape index (κ3) is 3.84. The number of hydrogen-bond donors (Lipinski definition) is 0. The minimum absolute atomic E-state index is 0.0360. The Labute approximate surface area is 139 Å². The molecule has 2 amide bonds. The van der Waals surface area contributed by atoms with E-state index in [0.29, 0.717) is 22.2 Å². The number of carbonyl (C=O) groups excluding carboxylic acids is 2. The van der Waals surface area contributed by atoms with Gasteiger partial charge in [-0.3, -0.25) is 14.5 Å². The topological polar surface area (TPSA) is 46.6 Å². The predicted octanol–water partition coefficient (Wildman–Crippen LogP) is 4.57. The van der Waals surface area contributed by atoms with Gasteiger partial charge in [0.25, 0.3) is 11.1 Å². The lowest BCUT2D eigenvalue weighted by Crippen LogP contribution is -2.28. The Morgan fingerprint density at radius 3 is 2.68 bits per heavy atom. The van der Waals surface area contributed by atoms with Crippen LogP contribution in [-0.4, -0.2) is 28.7 Å². The molecule has 1 saturated heterocycles. The zero-order valence-corrected chi connectivity index (χ0v) is 14.3. The van der Waals surface area contributed by atoms with Crippen LogP contribution in [0.5, 0.6) is 5.75 Å². The molecule has 4 nitrogen and oxygen atoms in total. The van der Waals surface area contributed by atoms with Gasteiger partial charge in [-0.05, 0) is 55.8 Å². The molecule has 0 N–H and O–H groups in total. The van der Waals surface area contributed by atoms with Crippen molar-refractivity contribution in [2.24, 2.45) is 0 Å². The summed E-state index contributed by atoms with van der Waals surface area (Å²) in [4.78, 5) is 25.7. The van der Waals surface area contributed by atoms with Gasteiger partial charge in [0.2, 0.25) is 0 Å². The molecule has 22 heavy (non-hydrogen) atoms. The summed E-state index contributed by atoms with van der Waals surface area (Å²) >= 11 is 7.14. The molecule has 0 radical (unpaired) electrons. The van der Waals surface area contributed by atoms with Crippen LogP contribution in [0.15, 0.2) is 23.1 Å². The number of thioether (sulfide) groups is 1. The fraction of sp³-hybridized carbons (Fsp3) is 0.375. The summed E-state index contributed by atoms with van der Waals surface area (Å²) < 4.78 is 5.57. The lowest BCUT2D eigenvalue weighted by atomic mass is 10.2. The number of carbonyl (C=O) groups is 2. The van der Waals surface area contributed by atoms with Crippen molar-refractivity contribution < 1.29 is 14.3 Å². The quantitative estimate of drug-likeness (QED) is 0.737. The number of rotatable bonds is 5. The molecule has 1 aromatic carbocycles. The van der Waals surface area contributed by atoms with E-state index in [9.17, 15) is 9.59 Å². The standard InChI is InChI=1S/C16H18ClNO3S/c1-4-7-18-15(19)14(22-16(18)20)9-11-5-6-13(12(17)8-11)21-10(2)3/h5-6,8-10H,4,7H2,1-3H3/b14-9+. The maximum atomic E-state index is 12.2. The Morgan fingerprint density at radius 2 is 2.09 bits per heavy atom. The van der Waals surface area contributed by atoms with Crippen LogP contribution in [0.4, 0.5) is 4.79 Å². The van der Waals surface area contributed by atoms with Crippen molar-refractivity contribution in [1.82, 2.24) is 4.90 Å². The van der Waals surface area contributed by atoms with Crippen LogP contribution >= 0.6 is 23.4 Å². The highest BCUT2D eigenvalue weighted by Gasteiger charge is 2.34. The number of imide groups is 1. The van der Waals surface area contributed by atoms with Crippen LogP contribution in [0.25, 0.3) is 6.08 Å². The fourth-order valence-corrected chi connectivity index (χ4v) is 3.12.